The van der Waals surface area contributed by atoms with E-state index >= 15 is 0 Å². The van der Waals surface area contributed by atoms with E-state index < -0.39 is 0 Å². The van der Waals surface area contributed by atoms with Crippen molar-refractivity contribution in [2.24, 2.45) is 0 Å². The molecule has 0 aromatic carbocycles. The van der Waals surface area contributed by atoms with Gasteiger partial charge in [-0.3, -0.25) is 4.79 Å². The number of carbonyl (C=O) groups is 1. The van der Waals surface area contributed by atoms with Crippen LogP contribution in [0.3, 0.4) is 0 Å². The molecule has 1 amide bonds. The van der Waals surface area contributed by atoms with E-state index in [0.29, 0.717) is 24.6 Å². The number of hydrogen-bond donors (Lipinski definition) is 0. The van der Waals surface area contributed by atoms with E-state index in [-0.39, 0.29) is 11.9 Å². The molecule has 1 unspecified atom stereocenters. The van der Waals surface area contributed by atoms with E-state index in [1.807, 2.05) is 44.0 Å². The third-order valence-electron chi connectivity index (χ3n) is 4.91. The minimum Gasteiger partial charge on any atom is -0.355 e. The summed E-state index contributed by atoms with van der Waals surface area (Å²) in [6.45, 7) is 5.78. The second-order valence-corrected chi connectivity index (χ2v) is 6.84. The molecule has 2 aromatic rings. The number of hydrogen-bond acceptors (Lipinski definition) is 6. The maximum absolute atomic E-state index is 12.6. The van der Waals surface area contributed by atoms with Gasteiger partial charge in [0, 0.05) is 51.1 Å². The van der Waals surface area contributed by atoms with E-state index in [0.717, 1.165) is 43.9 Å². The highest BCUT2D eigenvalue weighted by molar-refractivity contribution is 5.76. The zero-order valence-electron chi connectivity index (χ0n) is 15.8. The molecule has 3 heterocycles. The van der Waals surface area contributed by atoms with Gasteiger partial charge >= 0.3 is 0 Å². The molecule has 1 fully saturated rings. The number of pyridine rings is 1. The van der Waals surface area contributed by atoms with Gasteiger partial charge in [0.1, 0.15) is 5.82 Å². The van der Waals surface area contributed by atoms with E-state index in [1.54, 1.807) is 0 Å². The standard InChI is InChI=1S/C19H27N5O2/c1-4-16-21-18(26-22-16)10-11-19(25)23(3)15-8-6-12-24(13-15)17-9-5-7-14(2)20-17/h5,7,9,15H,4,6,8,10-13H2,1-3H3. The second-order valence-electron chi connectivity index (χ2n) is 6.84. The average molecular weight is 357 g/mol. The lowest BCUT2D eigenvalue weighted by Gasteiger charge is -2.38. The molecule has 3 rings (SSSR count). The zero-order valence-corrected chi connectivity index (χ0v) is 15.8. The van der Waals surface area contributed by atoms with E-state index in [1.165, 1.54) is 0 Å². The van der Waals surface area contributed by atoms with Gasteiger partial charge in [-0.25, -0.2) is 4.98 Å². The van der Waals surface area contributed by atoms with E-state index in [2.05, 4.69) is 20.0 Å². The van der Waals surface area contributed by atoms with Crippen LogP contribution in [0, 0.1) is 6.92 Å². The number of amides is 1. The monoisotopic (exact) mass is 357 g/mol. The van der Waals surface area contributed by atoms with Crippen molar-refractivity contribution in [1.82, 2.24) is 20.0 Å². The van der Waals surface area contributed by atoms with Gasteiger partial charge in [-0.15, -0.1) is 0 Å². The molecular weight excluding hydrogens is 330 g/mol. The molecule has 1 aliphatic rings. The highest BCUT2D eigenvalue weighted by Gasteiger charge is 2.27. The third-order valence-corrected chi connectivity index (χ3v) is 4.91. The van der Waals surface area contributed by atoms with Crippen molar-refractivity contribution in [3.8, 4) is 0 Å². The Kier molecular flexibility index (Phi) is 5.85. The van der Waals surface area contributed by atoms with Crippen LogP contribution in [0.25, 0.3) is 0 Å². The van der Waals surface area contributed by atoms with Crippen molar-refractivity contribution in [2.75, 3.05) is 25.0 Å². The summed E-state index contributed by atoms with van der Waals surface area (Å²) in [5.74, 6) is 2.34. The van der Waals surface area contributed by atoms with Crippen LogP contribution in [-0.2, 0) is 17.6 Å². The number of aryl methyl sites for hydroxylation is 3. The van der Waals surface area contributed by atoms with Crippen LogP contribution in [0.4, 0.5) is 5.82 Å². The summed E-state index contributed by atoms with van der Waals surface area (Å²) in [5.41, 5.74) is 1.01. The largest absolute Gasteiger partial charge is 0.355 e. The molecule has 0 radical (unpaired) electrons. The molecular formula is C19H27N5O2. The van der Waals surface area contributed by atoms with Gasteiger partial charge in [-0.1, -0.05) is 18.1 Å². The SMILES string of the molecule is CCc1noc(CCC(=O)N(C)C2CCCN(c3cccc(C)n3)C2)n1. The van der Waals surface area contributed by atoms with Crippen molar-refractivity contribution in [3.05, 3.63) is 35.6 Å². The Morgan fingerprint density at radius 1 is 1.38 bits per heavy atom. The van der Waals surface area contributed by atoms with Gasteiger partial charge in [0.25, 0.3) is 0 Å². The normalized spacial score (nSPS) is 17.3. The molecule has 0 spiro atoms. The number of likely N-dealkylation sites (N-methyl/N-ethyl adjacent to an activating group) is 1. The Morgan fingerprint density at radius 2 is 2.23 bits per heavy atom. The van der Waals surface area contributed by atoms with E-state index in [4.69, 9.17) is 4.52 Å². The van der Waals surface area contributed by atoms with Crippen molar-refractivity contribution >= 4 is 11.7 Å². The summed E-state index contributed by atoms with van der Waals surface area (Å²) < 4.78 is 5.17. The first-order chi connectivity index (χ1) is 12.6. The second kappa shape index (κ2) is 8.29. The van der Waals surface area contributed by atoms with Crippen molar-refractivity contribution in [2.45, 2.75) is 52.0 Å². The van der Waals surface area contributed by atoms with Crippen LogP contribution in [0.2, 0.25) is 0 Å². The smallest absolute Gasteiger partial charge is 0.227 e. The van der Waals surface area contributed by atoms with Gasteiger partial charge < -0.3 is 14.3 Å². The Morgan fingerprint density at radius 3 is 2.96 bits per heavy atom. The molecule has 0 bridgehead atoms. The molecule has 140 valence electrons. The third kappa shape index (κ3) is 4.39. The fourth-order valence-corrected chi connectivity index (χ4v) is 3.31. The molecule has 1 aliphatic heterocycles. The molecule has 0 N–H and O–H groups in total. The Hall–Kier alpha value is -2.44. The lowest BCUT2D eigenvalue weighted by molar-refractivity contribution is -0.132. The summed E-state index contributed by atoms with van der Waals surface area (Å²) in [5, 5.41) is 3.87. The van der Waals surface area contributed by atoms with Crippen LogP contribution >= 0.6 is 0 Å². The summed E-state index contributed by atoms with van der Waals surface area (Å²) in [6.07, 6.45) is 3.70. The molecule has 2 aromatic heterocycles. The van der Waals surface area contributed by atoms with Gasteiger partial charge in [-0.2, -0.15) is 4.98 Å². The van der Waals surface area contributed by atoms with Gasteiger partial charge in [0.05, 0.1) is 0 Å². The van der Waals surface area contributed by atoms with E-state index in [9.17, 15) is 4.79 Å². The van der Waals surface area contributed by atoms with Crippen LogP contribution in [0.15, 0.2) is 22.7 Å². The number of aromatic nitrogens is 3. The van der Waals surface area contributed by atoms with Crippen molar-refractivity contribution < 1.29 is 9.32 Å². The highest BCUT2D eigenvalue weighted by Crippen LogP contribution is 2.21. The van der Waals surface area contributed by atoms with Gasteiger partial charge in [0.15, 0.2) is 5.82 Å². The van der Waals surface area contributed by atoms with Crippen LogP contribution < -0.4 is 4.90 Å². The number of carbonyl (C=O) groups excluding carboxylic acids is 1. The molecule has 1 saturated heterocycles. The first-order valence-electron chi connectivity index (χ1n) is 9.32. The van der Waals surface area contributed by atoms with Crippen LogP contribution in [0.1, 0.15) is 43.6 Å². The first kappa shape index (κ1) is 18.4. The van der Waals surface area contributed by atoms with Gasteiger partial charge in [0.2, 0.25) is 11.8 Å². The van der Waals surface area contributed by atoms with Crippen molar-refractivity contribution in [3.63, 3.8) is 0 Å². The molecule has 0 aliphatic carbocycles. The fourth-order valence-electron chi connectivity index (χ4n) is 3.31. The minimum absolute atomic E-state index is 0.116. The number of piperidine rings is 1. The van der Waals surface area contributed by atoms with Gasteiger partial charge in [-0.05, 0) is 31.9 Å². The van der Waals surface area contributed by atoms with Crippen molar-refractivity contribution in [1.29, 1.82) is 0 Å². The minimum atomic E-state index is 0.116. The maximum Gasteiger partial charge on any atom is 0.227 e. The zero-order chi connectivity index (χ0) is 18.5. The lowest BCUT2D eigenvalue weighted by atomic mass is 10.0. The molecule has 26 heavy (non-hydrogen) atoms. The highest BCUT2D eigenvalue weighted by atomic mass is 16.5. The molecule has 1 atom stereocenters. The molecule has 0 saturated carbocycles. The summed E-state index contributed by atoms with van der Waals surface area (Å²) in [7, 11) is 1.89. The Bertz CT molecular complexity index is 745. The number of nitrogens with zero attached hydrogens (tertiary/aromatic N) is 5. The predicted molar refractivity (Wildman–Crippen MR) is 99.0 cm³/mol. The van der Waals surface area contributed by atoms with Crippen LogP contribution in [-0.4, -0.2) is 52.1 Å². The Balaban J connectivity index is 1.56. The van der Waals surface area contributed by atoms with Crippen LogP contribution in [0.5, 0.6) is 0 Å². The number of anilines is 1. The maximum atomic E-state index is 12.6. The summed E-state index contributed by atoms with van der Waals surface area (Å²) in [4.78, 5) is 25.6. The fraction of sp³-hybridized carbons (Fsp3) is 0.579. The topological polar surface area (TPSA) is 75.4 Å². The summed E-state index contributed by atoms with van der Waals surface area (Å²) in [6, 6.07) is 6.28. The predicted octanol–water partition coefficient (Wildman–Crippen LogP) is 2.40. The molecule has 7 heteroatoms. The Labute approximate surface area is 154 Å². The summed E-state index contributed by atoms with van der Waals surface area (Å²) >= 11 is 0. The number of rotatable bonds is 6. The quantitative estimate of drug-likeness (QED) is 0.790. The molecule has 7 nitrogen and oxygen atoms in total. The first-order valence-corrected chi connectivity index (χ1v) is 9.32. The lowest BCUT2D eigenvalue weighted by Crippen LogP contribution is -2.49. The average Bonchev–Trinajstić information content (AvgIpc) is 3.14.